The van der Waals surface area contributed by atoms with E-state index in [9.17, 15) is 8.78 Å². The third kappa shape index (κ3) is 2.26. The summed E-state index contributed by atoms with van der Waals surface area (Å²) < 4.78 is 28.9. The van der Waals surface area contributed by atoms with Crippen LogP contribution >= 0.6 is 11.6 Å². The molecule has 0 spiro atoms. The Hall–Kier alpha value is -0.740. The second-order valence-corrected chi connectivity index (χ2v) is 3.84. The standard InChI is InChI=1S/C10H10ClF2NO/c11-6-4-5-14-7-2-1-3-8(9(6)7)15-10(12)13/h4-5,8,10H,1-3H2. The number of fused-ring (bicyclic) bond motifs is 1. The van der Waals surface area contributed by atoms with Crippen LogP contribution in [-0.2, 0) is 11.2 Å². The monoisotopic (exact) mass is 233 g/mol. The maximum atomic E-state index is 12.2. The average molecular weight is 234 g/mol. The highest BCUT2D eigenvalue weighted by atomic mass is 35.5. The minimum absolute atomic E-state index is 0.463. The maximum Gasteiger partial charge on any atom is 0.345 e. The van der Waals surface area contributed by atoms with Gasteiger partial charge in [0, 0.05) is 22.5 Å². The lowest BCUT2D eigenvalue weighted by molar-refractivity contribution is -0.168. The van der Waals surface area contributed by atoms with Gasteiger partial charge in [0.25, 0.3) is 0 Å². The summed E-state index contributed by atoms with van der Waals surface area (Å²) in [6.07, 6.45) is 3.13. The van der Waals surface area contributed by atoms with E-state index < -0.39 is 12.7 Å². The first-order valence-electron chi connectivity index (χ1n) is 4.75. The molecule has 1 aromatic heterocycles. The van der Waals surface area contributed by atoms with Gasteiger partial charge in [0.1, 0.15) is 0 Å². The van der Waals surface area contributed by atoms with Crippen LogP contribution in [0.25, 0.3) is 0 Å². The van der Waals surface area contributed by atoms with Crippen LogP contribution in [0.15, 0.2) is 12.3 Å². The SMILES string of the molecule is FC(F)OC1CCCc2nccc(Cl)c21. The number of rotatable bonds is 2. The number of halogens is 3. The van der Waals surface area contributed by atoms with E-state index in [1.165, 1.54) is 0 Å². The predicted molar refractivity (Wildman–Crippen MR) is 52.0 cm³/mol. The lowest BCUT2D eigenvalue weighted by Crippen LogP contribution is -2.17. The molecule has 2 nitrogen and oxygen atoms in total. The molecular formula is C10H10ClF2NO. The van der Waals surface area contributed by atoms with E-state index in [2.05, 4.69) is 9.72 Å². The van der Waals surface area contributed by atoms with Crippen LogP contribution in [0.4, 0.5) is 8.78 Å². The Balaban J connectivity index is 2.32. The van der Waals surface area contributed by atoms with Gasteiger partial charge in [0.2, 0.25) is 0 Å². The number of pyridine rings is 1. The van der Waals surface area contributed by atoms with Crippen molar-refractivity contribution in [3.05, 3.63) is 28.5 Å². The number of alkyl halides is 2. The average Bonchev–Trinajstić information content (AvgIpc) is 2.17. The molecule has 0 saturated carbocycles. The van der Waals surface area contributed by atoms with Crippen molar-refractivity contribution in [1.29, 1.82) is 0 Å². The molecule has 15 heavy (non-hydrogen) atoms. The molecule has 0 aromatic carbocycles. The molecule has 0 N–H and O–H groups in total. The predicted octanol–water partition coefficient (Wildman–Crippen LogP) is 3.35. The van der Waals surface area contributed by atoms with E-state index in [1.807, 2.05) is 0 Å². The molecular weight excluding hydrogens is 224 g/mol. The Morgan fingerprint density at radius 1 is 1.53 bits per heavy atom. The molecule has 0 bridgehead atoms. The quantitative estimate of drug-likeness (QED) is 0.782. The topological polar surface area (TPSA) is 22.1 Å². The van der Waals surface area contributed by atoms with E-state index in [0.29, 0.717) is 17.0 Å². The summed E-state index contributed by atoms with van der Waals surface area (Å²) in [6, 6.07) is 1.60. The normalized spacial score (nSPS) is 20.4. The van der Waals surface area contributed by atoms with Gasteiger partial charge < -0.3 is 4.74 Å². The van der Waals surface area contributed by atoms with Gasteiger partial charge in [0.15, 0.2) is 0 Å². The highest BCUT2D eigenvalue weighted by molar-refractivity contribution is 6.31. The van der Waals surface area contributed by atoms with Crippen LogP contribution < -0.4 is 0 Å². The van der Waals surface area contributed by atoms with Gasteiger partial charge in [-0.05, 0) is 25.3 Å². The summed E-state index contributed by atoms with van der Waals surface area (Å²) in [5, 5.41) is 0.463. The van der Waals surface area contributed by atoms with Crippen LogP contribution in [-0.4, -0.2) is 11.6 Å². The van der Waals surface area contributed by atoms with Crippen molar-refractivity contribution in [2.75, 3.05) is 0 Å². The zero-order valence-electron chi connectivity index (χ0n) is 7.92. The largest absolute Gasteiger partial charge is 0.345 e. The fourth-order valence-electron chi connectivity index (χ4n) is 1.89. The molecule has 1 aliphatic rings. The summed E-state index contributed by atoms with van der Waals surface area (Å²) in [6.45, 7) is -2.77. The number of nitrogens with zero attached hydrogens (tertiary/aromatic N) is 1. The number of aryl methyl sites for hydroxylation is 1. The van der Waals surface area contributed by atoms with Crippen LogP contribution in [0.1, 0.15) is 30.2 Å². The minimum atomic E-state index is -2.77. The van der Waals surface area contributed by atoms with Crippen LogP contribution in [0.5, 0.6) is 0 Å². The zero-order valence-corrected chi connectivity index (χ0v) is 8.68. The first-order valence-corrected chi connectivity index (χ1v) is 5.13. The molecule has 5 heteroatoms. The van der Waals surface area contributed by atoms with Gasteiger partial charge in [0.05, 0.1) is 6.10 Å². The summed E-state index contributed by atoms with van der Waals surface area (Å²) in [5.74, 6) is 0. The Kier molecular flexibility index (Phi) is 3.17. The highest BCUT2D eigenvalue weighted by Gasteiger charge is 2.26. The summed E-state index contributed by atoms with van der Waals surface area (Å²) in [4.78, 5) is 4.13. The molecule has 2 rings (SSSR count). The van der Waals surface area contributed by atoms with Crippen molar-refractivity contribution < 1.29 is 13.5 Å². The van der Waals surface area contributed by atoms with Crippen LogP contribution in [0, 0.1) is 0 Å². The Bertz CT molecular complexity index is 359. The van der Waals surface area contributed by atoms with Crippen molar-refractivity contribution in [2.45, 2.75) is 32.0 Å². The second kappa shape index (κ2) is 4.41. The molecule has 0 amide bonds. The van der Waals surface area contributed by atoms with Crippen molar-refractivity contribution in [2.24, 2.45) is 0 Å². The van der Waals surface area contributed by atoms with E-state index in [4.69, 9.17) is 11.6 Å². The molecule has 82 valence electrons. The third-order valence-corrected chi connectivity index (χ3v) is 2.82. The number of ether oxygens (including phenoxy) is 1. The Labute approximate surface area is 91.2 Å². The number of aromatic nitrogens is 1. The second-order valence-electron chi connectivity index (χ2n) is 3.43. The van der Waals surface area contributed by atoms with Gasteiger partial charge in [-0.25, -0.2) is 0 Å². The summed E-state index contributed by atoms with van der Waals surface area (Å²) >= 11 is 5.96. The number of hydrogen-bond acceptors (Lipinski definition) is 2. The fraction of sp³-hybridized carbons (Fsp3) is 0.500. The molecule has 0 aliphatic heterocycles. The maximum absolute atomic E-state index is 12.2. The molecule has 1 aliphatic carbocycles. The van der Waals surface area contributed by atoms with Gasteiger partial charge in [-0.2, -0.15) is 8.78 Å². The molecule has 1 aromatic rings. The summed E-state index contributed by atoms with van der Waals surface area (Å²) in [7, 11) is 0. The van der Waals surface area contributed by atoms with E-state index in [0.717, 1.165) is 18.5 Å². The molecule has 1 heterocycles. The lowest BCUT2D eigenvalue weighted by atomic mass is 9.93. The molecule has 0 saturated heterocycles. The number of hydrogen-bond donors (Lipinski definition) is 0. The first-order chi connectivity index (χ1) is 7.18. The first kappa shape index (κ1) is 10.8. The van der Waals surface area contributed by atoms with E-state index in [1.54, 1.807) is 12.3 Å². The van der Waals surface area contributed by atoms with Crippen molar-refractivity contribution in [1.82, 2.24) is 4.98 Å². The molecule has 0 fully saturated rings. The van der Waals surface area contributed by atoms with Gasteiger partial charge in [-0.1, -0.05) is 11.6 Å². The fourth-order valence-corrected chi connectivity index (χ4v) is 2.18. The molecule has 1 unspecified atom stereocenters. The van der Waals surface area contributed by atoms with Gasteiger partial charge in [-0.3, -0.25) is 4.98 Å². The van der Waals surface area contributed by atoms with Crippen LogP contribution in [0.3, 0.4) is 0 Å². The highest BCUT2D eigenvalue weighted by Crippen LogP contribution is 2.36. The van der Waals surface area contributed by atoms with Gasteiger partial charge in [-0.15, -0.1) is 0 Å². The van der Waals surface area contributed by atoms with Gasteiger partial charge >= 0.3 is 6.61 Å². The molecule has 1 atom stereocenters. The van der Waals surface area contributed by atoms with Crippen molar-refractivity contribution in [3.8, 4) is 0 Å². The smallest absolute Gasteiger partial charge is 0.315 e. The van der Waals surface area contributed by atoms with Crippen molar-refractivity contribution >= 4 is 11.6 Å². The lowest BCUT2D eigenvalue weighted by Gasteiger charge is -2.25. The minimum Gasteiger partial charge on any atom is -0.315 e. The Morgan fingerprint density at radius 3 is 3.07 bits per heavy atom. The van der Waals surface area contributed by atoms with Crippen molar-refractivity contribution in [3.63, 3.8) is 0 Å². The van der Waals surface area contributed by atoms with E-state index >= 15 is 0 Å². The van der Waals surface area contributed by atoms with E-state index in [-0.39, 0.29) is 0 Å². The Morgan fingerprint density at radius 2 is 2.33 bits per heavy atom. The van der Waals surface area contributed by atoms with Crippen LogP contribution in [0.2, 0.25) is 5.02 Å². The zero-order chi connectivity index (χ0) is 10.8. The molecule has 0 radical (unpaired) electrons. The summed E-state index contributed by atoms with van der Waals surface area (Å²) in [5.41, 5.74) is 1.41. The third-order valence-electron chi connectivity index (χ3n) is 2.49.